The molecule has 0 aromatic heterocycles. The summed E-state index contributed by atoms with van der Waals surface area (Å²) in [6, 6.07) is 18.7. The number of benzene rings is 2. The number of para-hydroxylation sites is 1. The summed E-state index contributed by atoms with van der Waals surface area (Å²) in [6.07, 6.45) is 1.39. The van der Waals surface area contributed by atoms with Crippen LogP contribution in [0.15, 0.2) is 54.6 Å². The lowest BCUT2D eigenvalue weighted by atomic mass is 10.0. The first-order chi connectivity index (χ1) is 10.3. The van der Waals surface area contributed by atoms with Gasteiger partial charge in [0.25, 0.3) is 0 Å². The summed E-state index contributed by atoms with van der Waals surface area (Å²) in [5.74, 6) is 0.0885. The van der Waals surface area contributed by atoms with Crippen molar-refractivity contribution in [1.29, 1.82) is 0 Å². The molecular weight excluding hydrogens is 260 g/mol. The van der Waals surface area contributed by atoms with E-state index >= 15 is 0 Å². The molecule has 1 amide bonds. The van der Waals surface area contributed by atoms with Crippen molar-refractivity contribution >= 4 is 11.6 Å². The number of amides is 1. The van der Waals surface area contributed by atoms with Crippen LogP contribution < -0.4 is 10.6 Å². The predicted octanol–water partition coefficient (Wildman–Crippen LogP) is 3.22. The zero-order valence-electron chi connectivity index (χ0n) is 12.4. The van der Waals surface area contributed by atoms with Gasteiger partial charge in [0.1, 0.15) is 0 Å². The van der Waals surface area contributed by atoms with E-state index in [0.717, 1.165) is 12.1 Å². The maximum atomic E-state index is 11.5. The first-order valence-electron chi connectivity index (χ1n) is 7.42. The molecule has 2 aromatic carbocycles. The number of nitrogens with one attached hydrogen (secondary N) is 2. The summed E-state index contributed by atoms with van der Waals surface area (Å²) < 4.78 is 0. The van der Waals surface area contributed by atoms with E-state index in [1.54, 1.807) is 0 Å². The van der Waals surface area contributed by atoms with Crippen molar-refractivity contribution in [2.24, 2.45) is 0 Å². The standard InChI is InChI=1S/C18H22N2O/c1-2-19-18(21)12-13-20-17-11-7-6-10-16(17)14-15-8-4-3-5-9-15/h3-11,20H,2,12-14H2,1H3,(H,19,21). The molecule has 3 heteroatoms. The lowest BCUT2D eigenvalue weighted by molar-refractivity contribution is -0.120. The Morgan fingerprint density at radius 1 is 1.00 bits per heavy atom. The van der Waals surface area contributed by atoms with E-state index in [1.165, 1.54) is 11.1 Å². The van der Waals surface area contributed by atoms with Crippen molar-refractivity contribution < 1.29 is 4.79 Å². The van der Waals surface area contributed by atoms with Crippen molar-refractivity contribution in [1.82, 2.24) is 5.32 Å². The van der Waals surface area contributed by atoms with E-state index in [2.05, 4.69) is 47.0 Å². The molecule has 0 bridgehead atoms. The van der Waals surface area contributed by atoms with Crippen LogP contribution >= 0.6 is 0 Å². The normalized spacial score (nSPS) is 10.1. The van der Waals surface area contributed by atoms with Crippen molar-refractivity contribution in [3.63, 3.8) is 0 Å². The molecule has 0 saturated heterocycles. The van der Waals surface area contributed by atoms with Gasteiger partial charge in [-0.1, -0.05) is 48.5 Å². The van der Waals surface area contributed by atoms with Crippen LogP contribution in [0.2, 0.25) is 0 Å². The Morgan fingerprint density at radius 3 is 2.48 bits per heavy atom. The largest absolute Gasteiger partial charge is 0.384 e. The summed E-state index contributed by atoms with van der Waals surface area (Å²) in [4.78, 5) is 11.5. The lowest BCUT2D eigenvalue weighted by Crippen LogP contribution is -2.24. The Morgan fingerprint density at radius 2 is 1.71 bits per heavy atom. The molecular formula is C18H22N2O. The molecule has 0 atom stereocenters. The highest BCUT2D eigenvalue weighted by atomic mass is 16.1. The number of carbonyl (C=O) groups excluding carboxylic acids is 1. The second kappa shape index (κ2) is 8.10. The van der Waals surface area contributed by atoms with E-state index in [4.69, 9.17) is 0 Å². The van der Waals surface area contributed by atoms with Crippen LogP contribution in [-0.2, 0) is 11.2 Å². The van der Waals surface area contributed by atoms with Crippen molar-refractivity contribution in [2.45, 2.75) is 19.8 Å². The molecule has 0 unspecified atom stereocenters. The summed E-state index contributed by atoms with van der Waals surface area (Å²) in [5.41, 5.74) is 3.64. The van der Waals surface area contributed by atoms with E-state index in [0.29, 0.717) is 19.5 Å². The van der Waals surface area contributed by atoms with Gasteiger partial charge >= 0.3 is 0 Å². The average Bonchev–Trinajstić information content (AvgIpc) is 2.50. The van der Waals surface area contributed by atoms with Crippen LogP contribution in [0.4, 0.5) is 5.69 Å². The van der Waals surface area contributed by atoms with Gasteiger partial charge in [-0.05, 0) is 30.5 Å². The Labute approximate surface area is 126 Å². The molecule has 0 spiro atoms. The number of hydrogen-bond donors (Lipinski definition) is 2. The zero-order valence-corrected chi connectivity index (χ0v) is 12.4. The van der Waals surface area contributed by atoms with Gasteiger partial charge in [-0.2, -0.15) is 0 Å². The minimum atomic E-state index is 0.0885. The van der Waals surface area contributed by atoms with Gasteiger partial charge in [-0.25, -0.2) is 0 Å². The summed E-state index contributed by atoms with van der Waals surface area (Å²) >= 11 is 0. The maximum Gasteiger partial charge on any atom is 0.221 e. The molecule has 2 N–H and O–H groups in total. The molecule has 0 aliphatic carbocycles. The van der Waals surface area contributed by atoms with Crippen molar-refractivity contribution in [3.8, 4) is 0 Å². The number of rotatable bonds is 7. The fraction of sp³-hybridized carbons (Fsp3) is 0.278. The average molecular weight is 282 g/mol. The van der Waals surface area contributed by atoms with Gasteiger partial charge in [-0.15, -0.1) is 0 Å². The molecule has 0 saturated carbocycles. The third-order valence-electron chi connectivity index (χ3n) is 3.30. The first-order valence-corrected chi connectivity index (χ1v) is 7.42. The first kappa shape index (κ1) is 15.1. The van der Waals surface area contributed by atoms with Gasteiger partial charge in [-0.3, -0.25) is 4.79 Å². The Hall–Kier alpha value is -2.29. The number of hydrogen-bond acceptors (Lipinski definition) is 2. The predicted molar refractivity (Wildman–Crippen MR) is 87.5 cm³/mol. The maximum absolute atomic E-state index is 11.5. The van der Waals surface area contributed by atoms with E-state index in [-0.39, 0.29) is 5.91 Å². The molecule has 3 nitrogen and oxygen atoms in total. The third kappa shape index (κ3) is 4.95. The van der Waals surface area contributed by atoms with E-state index in [1.807, 2.05) is 25.1 Å². The molecule has 21 heavy (non-hydrogen) atoms. The van der Waals surface area contributed by atoms with Crippen LogP contribution in [0.5, 0.6) is 0 Å². The molecule has 0 heterocycles. The quantitative estimate of drug-likeness (QED) is 0.818. The van der Waals surface area contributed by atoms with Crippen molar-refractivity contribution in [2.75, 3.05) is 18.4 Å². The van der Waals surface area contributed by atoms with Crippen LogP contribution in [0.1, 0.15) is 24.5 Å². The third-order valence-corrected chi connectivity index (χ3v) is 3.30. The summed E-state index contributed by atoms with van der Waals surface area (Å²) in [6.45, 7) is 3.27. The molecule has 0 fully saturated rings. The molecule has 0 aliphatic heterocycles. The fourth-order valence-corrected chi connectivity index (χ4v) is 2.26. The van der Waals surface area contributed by atoms with Gasteiger partial charge < -0.3 is 10.6 Å². The van der Waals surface area contributed by atoms with Gasteiger partial charge in [0, 0.05) is 25.2 Å². The molecule has 110 valence electrons. The van der Waals surface area contributed by atoms with Crippen molar-refractivity contribution in [3.05, 3.63) is 65.7 Å². The van der Waals surface area contributed by atoms with Crippen LogP contribution in [-0.4, -0.2) is 19.0 Å². The minimum absolute atomic E-state index is 0.0885. The number of anilines is 1. The number of carbonyl (C=O) groups is 1. The Kier molecular flexibility index (Phi) is 5.83. The van der Waals surface area contributed by atoms with Gasteiger partial charge in [0.05, 0.1) is 0 Å². The van der Waals surface area contributed by atoms with Crippen LogP contribution in [0, 0.1) is 0 Å². The molecule has 0 aliphatic rings. The van der Waals surface area contributed by atoms with Gasteiger partial charge in [0.15, 0.2) is 0 Å². The Balaban J connectivity index is 1.95. The Bertz CT molecular complexity index is 566. The summed E-state index contributed by atoms with van der Waals surface area (Å²) in [7, 11) is 0. The fourth-order valence-electron chi connectivity index (χ4n) is 2.26. The SMILES string of the molecule is CCNC(=O)CCNc1ccccc1Cc1ccccc1. The monoisotopic (exact) mass is 282 g/mol. The zero-order chi connectivity index (χ0) is 14.9. The second-order valence-corrected chi connectivity index (χ2v) is 4.95. The highest BCUT2D eigenvalue weighted by molar-refractivity contribution is 5.76. The smallest absolute Gasteiger partial charge is 0.221 e. The summed E-state index contributed by atoms with van der Waals surface area (Å²) in [5, 5.41) is 6.17. The molecule has 2 rings (SSSR count). The molecule has 0 radical (unpaired) electrons. The van der Waals surface area contributed by atoms with E-state index < -0.39 is 0 Å². The minimum Gasteiger partial charge on any atom is -0.384 e. The van der Waals surface area contributed by atoms with Crippen LogP contribution in [0.3, 0.4) is 0 Å². The lowest BCUT2D eigenvalue weighted by Gasteiger charge is -2.12. The molecule has 2 aromatic rings. The van der Waals surface area contributed by atoms with Gasteiger partial charge in [0.2, 0.25) is 5.91 Å². The highest BCUT2D eigenvalue weighted by Gasteiger charge is 2.04. The highest BCUT2D eigenvalue weighted by Crippen LogP contribution is 2.18. The second-order valence-electron chi connectivity index (χ2n) is 4.95. The van der Waals surface area contributed by atoms with E-state index in [9.17, 15) is 4.79 Å². The van der Waals surface area contributed by atoms with Crippen LogP contribution in [0.25, 0.3) is 0 Å². The topological polar surface area (TPSA) is 41.1 Å².